The van der Waals surface area contributed by atoms with E-state index in [1.807, 2.05) is 19.9 Å². The molecule has 2 aromatic carbocycles. The van der Waals surface area contributed by atoms with E-state index < -0.39 is 40.8 Å². The first-order valence-corrected chi connectivity index (χ1v) is 10.6. The Kier molecular flexibility index (Phi) is 7.67. The molecular formula is C20H24N4O5S. The Balaban J connectivity index is 1.75. The number of sulfonamides is 1. The summed E-state index contributed by atoms with van der Waals surface area (Å²) in [5.41, 5.74) is 7.54. The van der Waals surface area contributed by atoms with Crippen molar-refractivity contribution in [3.63, 3.8) is 0 Å². The van der Waals surface area contributed by atoms with Crippen molar-refractivity contribution in [1.82, 2.24) is 20.9 Å². The molecule has 30 heavy (non-hydrogen) atoms. The molecule has 0 atom stereocenters. The van der Waals surface area contributed by atoms with Crippen LogP contribution in [0.25, 0.3) is 0 Å². The number of nitrogens with one attached hydrogen (secondary N) is 4. The second-order valence-corrected chi connectivity index (χ2v) is 8.50. The topological polar surface area (TPSA) is 133 Å². The summed E-state index contributed by atoms with van der Waals surface area (Å²) in [4.78, 5) is 35.7. The van der Waals surface area contributed by atoms with Crippen molar-refractivity contribution in [2.45, 2.75) is 25.7 Å². The van der Waals surface area contributed by atoms with Crippen LogP contribution in [-0.2, 0) is 19.6 Å². The van der Waals surface area contributed by atoms with Gasteiger partial charge in [-0.25, -0.2) is 13.1 Å². The third-order valence-corrected chi connectivity index (χ3v) is 5.56. The van der Waals surface area contributed by atoms with Crippen LogP contribution in [0.2, 0.25) is 0 Å². The molecule has 0 aliphatic rings. The summed E-state index contributed by atoms with van der Waals surface area (Å²) in [6, 6.07) is 11.4. The van der Waals surface area contributed by atoms with Crippen molar-refractivity contribution in [3.05, 3.63) is 64.7 Å². The Morgan fingerprint density at radius 2 is 1.43 bits per heavy atom. The molecule has 0 bridgehead atoms. The molecule has 0 heterocycles. The van der Waals surface area contributed by atoms with E-state index in [1.165, 1.54) is 12.1 Å². The van der Waals surface area contributed by atoms with Crippen molar-refractivity contribution in [2.75, 3.05) is 13.1 Å². The molecule has 0 spiro atoms. The average Bonchev–Trinajstić information content (AvgIpc) is 2.69. The molecule has 0 saturated carbocycles. The van der Waals surface area contributed by atoms with Gasteiger partial charge in [0, 0.05) is 5.56 Å². The number of benzene rings is 2. The number of amides is 3. The van der Waals surface area contributed by atoms with E-state index in [9.17, 15) is 22.8 Å². The molecule has 9 nitrogen and oxygen atoms in total. The van der Waals surface area contributed by atoms with Gasteiger partial charge >= 0.3 is 0 Å². The second kappa shape index (κ2) is 9.99. The van der Waals surface area contributed by atoms with E-state index in [-0.39, 0.29) is 4.90 Å². The summed E-state index contributed by atoms with van der Waals surface area (Å²) in [5.74, 6) is -1.84. The minimum Gasteiger partial charge on any atom is -0.346 e. The van der Waals surface area contributed by atoms with Crippen molar-refractivity contribution >= 4 is 27.7 Å². The highest BCUT2D eigenvalue weighted by Gasteiger charge is 2.16. The van der Waals surface area contributed by atoms with E-state index in [0.29, 0.717) is 5.56 Å². The van der Waals surface area contributed by atoms with Crippen molar-refractivity contribution in [2.24, 2.45) is 0 Å². The maximum Gasteiger partial charge on any atom is 0.269 e. The predicted molar refractivity (Wildman–Crippen MR) is 111 cm³/mol. The highest BCUT2D eigenvalue weighted by molar-refractivity contribution is 7.89. The SMILES string of the molecule is Cc1ccc(S(=O)(=O)NCC(=O)NCC(=O)NNC(=O)c2ccc(C)cc2C)cc1. The zero-order chi connectivity index (χ0) is 22.3. The van der Waals surface area contributed by atoms with Crippen LogP contribution >= 0.6 is 0 Å². The monoisotopic (exact) mass is 432 g/mol. The van der Waals surface area contributed by atoms with Gasteiger partial charge in [-0.1, -0.05) is 35.4 Å². The first-order valence-electron chi connectivity index (χ1n) is 9.08. The molecule has 3 amide bonds. The number of rotatable bonds is 7. The molecule has 0 saturated heterocycles. The summed E-state index contributed by atoms with van der Waals surface area (Å²) >= 11 is 0. The molecule has 0 unspecified atom stereocenters. The van der Waals surface area contributed by atoms with Gasteiger partial charge in [0.1, 0.15) is 0 Å². The van der Waals surface area contributed by atoms with Crippen LogP contribution in [-0.4, -0.2) is 39.2 Å². The van der Waals surface area contributed by atoms with Crippen molar-refractivity contribution in [3.8, 4) is 0 Å². The van der Waals surface area contributed by atoms with Crippen molar-refractivity contribution < 1.29 is 22.8 Å². The quantitative estimate of drug-likeness (QED) is 0.472. The van der Waals surface area contributed by atoms with Crippen LogP contribution in [0.4, 0.5) is 0 Å². The van der Waals surface area contributed by atoms with Crippen LogP contribution in [0, 0.1) is 20.8 Å². The second-order valence-electron chi connectivity index (χ2n) is 6.74. The molecule has 0 fully saturated rings. The summed E-state index contributed by atoms with van der Waals surface area (Å²) in [7, 11) is -3.84. The van der Waals surface area contributed by atoms with Gasteiger partial charge in [-0.3, -0.25) is 25.2 Å². The molecule has 2 aromatic rings. The number of hydrogen-bond acceptors (Lipinski definition) is 5. The first-order chi connectivity index (χ1) is 14.1. The number of aryl methyl sites for hydroxylation is 3. The smallest absolute Gasteiger partial charge is 0.269 e. The van der Waals surface area contributed by atoms with Gasteiger partial charge in [-0.15, -0.1) is 0 Å². The largest absolute Gasteiger partial charge is 0.346 e. The molecule has 0 aliphatic carbocycles. The summed E-state index contributed by atoms with van der Waals surface area (Å²) in [6.45, 7) is 4.55. The van der Waals surface area contributed by atoms with E-state index in [0.717, 1.165) is 16.7 Å². The fourth-order valence-electron chi connectivity index (χ4n) is 2.51. The Bertz CT molecular complexity index is 1050. The first kappa shape index (κ1) is 23.0. The fourth-order valence-corrected chi connectivity index (χ4v) is 3.49. The Morgan fingerprint density at radius 1 is 0.800 bits per heavy atom. The lowest BCUT2D eigenvalue weighted by molar-refractivity contribution is -0.125. The summed E-state index contributed by atoms with van der Waals surface area (Å²) in [6.07, 6.45) is 0. The maximum absolute atomic E-state index is 12.1. The Hall–Kier alpha value is -3.24. The zero-order valence-corrected chi connectivity index (χ0v) is 17.7. The minimum absolute atomic E-state index is 0.0350. The lowest BCUT2D eigenvalue weighted by Crippen LogP contribution is -2.47. The number of hydrazine groups is 1. The van der Waals surface area contributed by atoms with Crippen LogP contribution in [0.3, 0.4) is 0 Å². The number of hydrogen-bond donors (Lipinski definition) is 4. The summed E-state index contributed by atoms with van der Waals surface area (Å²) in [5, 5.41) is 2.27. The molecule has 160 valence electrons. The number of carbonyl (C=O) groups excluding carboxylic acids is 3. The van der Waals surface area contributed by atoms with Gasteiger partial charge in [0.25, 0.3) is 11.8 Å². The molecule has 0 radical (unpaired) electrons. The standard InChI is InChI=1S/C20H24N4O5S/c1-13-4-7-16(8-5-13)30(28,29)22-12-18(25)21-11-19(26)23-24-20(27)17-9-6-14(2)10-15(17)3/h4-10,22H,11-12H2,1-3H3,(H,21,25)(H,23,26)(H,24,27). The van der Waals surface area contributed by atoms with Gasteiger partial charge in [0.2, 0.25) is 15.9 Å². The molecule has 4 N–H and O–H groups in total. The zero-order valence-electron chi connectivity index (χ0n) is 16.9. The van der Waals surface area contributed by atoms with Gasteiger partial charge in [-0.05, 0) is 44.5 Å². The molecular weight excluding hydrogens is 408 g/mol. The third kappa shape index (κ3) is 6.68. The number of carbonyl (C=O) groups is 3. The van der Waals surface area contributed by atoms with E-state index in [2.05, 4.69) is 20.9 Å². The minimum atomic E-state index is -3.84. The van der Waals surface area contributed by atoms with Crippen LogP contribution in [0.5, 0.6) is 0 Å². The molecule has 0 aromatic heterocycles. The van der Waals surface area contributed by atoms with Gasteiger partial charge in [0.05, 0.1) is 18.0 Å². The Labute approximate surface area is 175 Å². The van der Waals surface area contributed by atoms with E-state index >= 15 is 0 Å². The van der Waals surface area contributed by atoms with Crippen molar-refractivity contribution in [1.29, 1.82) is 0 Å². The summed E-state index contributed by atoms with van der Waals surface area (Å²) < 4.78 is 26.4. The predicted octanol–water partition coefficient (Wildman–Crippen LogP) is 0.468. The van der Waals surface area contributed by atoms with E-state index in [4.69, 9.17) is 0 Å². The normalized spacial score (nSPS) is 10.9. The molecule has 2 rings (SSSR count). The van der Waals surface area contributed by atoms with Crippen LogP contribution in [0.15, 0.2) is 47.4 Å². The van der Waals surface area contributed by atoms with Gasteiger partial charge < -0.3 is 5.32 Å². The van der Waals surface area contributed by atoms with Crippen LogP contribution < -0.4 is 20.9 Å². The van der Waals surface area contributed by atoms with Gasteiger partial charge in [0.15, 0.2) is 0 Å². The third-order valence-electron chi connectivity index (χ3n) is 4.14. The van der Waals surface area contributed by atoms with E-state index in [1.54, 1.807) is 31.2 Å². The average molecular weight is 433 g/mol. The lowest BCUT2D eigenvalue weighted by atomic mass is 10.1. The van der Waals surface area contributed by atoms with Gasteiger partial charge in [-0.2, -0.15) is 0 Å². The van der Waals surface area contributed by atoms with Crippen LogP contribution in [0.1, 0.15) is 27.0 Å². The highest BCUT2D eigenvalue weighted by atomic mass is 32.2. The maximum atomic E-state index is 12.1. The fraction of sp³-hybridized carbons (Fsp3) is 0.250. The Morgan fingerprint density at radius 3 is 2.07 bits per heavy atom. The molecule has 0 aliphatic heterocycles. The highest BCUT2D eigenvalue weighted by Crippen LogP contribution is 2.10. The molecule has 10 heteroatoms. The lowest BCUT2D eigenvalue weighted by Gasteiger charge is -2.11.